The van der Waals surface area contributed by atoms with Gasteiger partial charge in [0.2, 0.25) is 5.91 Å². The van der Waals surface area contributed by atoms with Crippen molar-refractivity contribution in [3.05, 3.63) is 30.1 Å². The molecule has 1 aliphatic carbocycles. The molecule has 5 nitrogen and oxygen atoms in total. The molecule has 0 saturated heterocycles. The highest BCUT2D eigenvalue weighted by molar-refractivity contribution is 7.99. The molecule has 1 aliphatic rings. The predicted octanol–water partition coefficient (Wildman–Crippen LogP) is 3.56. The minimum atomic E-state index is -0.333. The van der Waals surface area contributed by atoms with Crippen LogP contribution in [-0.2, 0) is 4.79 Å². The molecule has 1 amide bonds. The number of nitrogens with two attached hydrogens (primary N) is 1. The number of carbonyl (C=O) groups is 1. The van der Waals surface area contributed by atoms with Crippen molar-refractivity contribution in [1.82, 2.24) is 14.8 Å². The molecular weight excluding hydrogens is 327 g/mol. The van der Waals surface area contributed by atoms with Crippen LogP contribution in [0.15, 0.2) is 29.4 Å². The second kappa shape index (κ2) is 7.79. The Morgan fingerprint density at radius 2 is 2.00 bits per heavy atom. The monoisotopic (exact) mass is 348 g/mol. The van der Waals surface area contributed by atoms with Crippen LogP contribution in [0.4, 0.5) is 4.39 Å². The van der Waals surface area contributed by atoms with Crippen LogP contribution in [0.5, 0.6) is 0 Å². The van der Waals surface area contributed by atoms with Crippen LogP contribution >= 0.6 is 11.8 Å². The predicted molar refractivity (Wildman–Crippen MR) is 92.1 cm³/mol. The Morgan fingerprint density at radius 3 is 2.71 bits per heavy atom. The maximum atomic E-state index is 14.2. The summed E-state index contributed by atoms with van der Waals surface area (Å²) in [7, 11) is 0. The first kappa shape index (κ1) is 17.0. The molecule has 2 N–H and O–H groups in total. The SMILES string of the molecule is NC(=O)CCSc1nnc(-c2ccccc2F)n1C1CCCCC1. The summed E-state index contributed by atoms with van der Waals surface area (Å²) in [6.07, 6.45) is 5.93. The van der Waals surface area contributed by atoms with Crippen LogP contribution in [0.2, 0.25) is 0 Å². The van der Waals surface area contributed by atoms with Gasteiger partial charge in [-0.1, -0.05) is 43.2 Å². The molecular formula is C17H21FN4OS. The molecule has 128 valence electrons. The summed E-state index contributed by atoms with van der Waals surface area (Å²) in [5.41, 5.74) is 5.68. The highest BCUT2D eigenvalue weighted by atomic mass is 32.2. The fourth-order valence-electron chi connectivity index (χ4n) is 3.11. The number of carbonyl (C=O) groups excluding carboxylic acids is 1. The van der Waals surface area contributed by atoms with E-state index in [4.69, 9.17) is 5.73 Å². The van der Waals surface area contributed by atoms with Gasteiger partial charge in [-0.15, -0.1) is 10.2 Å². The Bertz CT molecular complexity index is 712. The van der Waals surface area contributed by atoms with Crippen LogP contribution in [0.25, 0.3) is 11.4 Å². The number of rotatable bonds is 6. The van der Waals surface area contributed by atoms with Crippen molar-refractivity contribution in [2.75, 3.05) is 5.75 Å². The molecule has 3 rings (SSSR count). The highest BCUT2D eigenvalue weighted by Crippen LogP contribution is 2.36. The van der Waals surface area contributed by atoms with Crippen molar-refractivity contribution in [2.24, 2.45) is 5.73 Å². The van der Waals surface area contributed by atoms with Gasteiger partial charge in [0.05, 0.1) is 5.56 Å². The van der Waals surface area contributed by atoms with E-state index in [1.165, 1.54) is 24.2 Å². The molecule has 0 atom stereocenters. The van der Waals surface area contributed by atoms with Gasteiger partial charge < -0.3 is 5.73 Å². The van der Waals surface area contributed by atoms with Gasteiger partial charge in [0, 0.05) is 18.2 Å². The Morgan fingerprint density at radius 1 is 1.25 bits per heavy atom. The van der Waals surface area contributed by atoms with Crippen molar-refractivity contribution < 1.29 is 9.18 Å². The smallest absolute Gasteiger partial charge is 0.218 e. The normalized spacial score (nSPS) is 15.5. The van der Waals surface area contributed by atoms with Crippen molar-refractivity contribution in [3.8, 4) is 11.4 Å². The van der Waals surface area contributed by atoms with Crippen molar-refractivity contribution in [1.29, 1.82) is 0 Å². The fraction of sp³-hybridized carbons (Fsp3) is 0.471. The maximum Gasteiger partial charge on any atom is 0.218 e. The second-order valence-corrected chi connectivity index (χ2v) is 7.07. The lowest BCUT2D eigenvalue weighted by Crippen LogP contribution is -2.16. The Balaban J connectivity index is 1.94. The fourth-order valence-corrected chi connectivity index (χ4v) is 4.07. The lowest BCUT2D eigenvalue weighted by atomic mass is 9.95. The van der Waals surface area contributed by atoms with Crippen molar-refractivity contribution >= 4 is 17.7 Å². The summed E-state index contributed by atoms with van der Waals surface area (Å²) in [5.74, 6) is 0.495. The number of halogens is 1. The Labute approximate surface area is 144 Å². The molecule has 1 aromatic heterocycles. The summed E-state index contributed by atoms with van der Waals surface area (Å²) in [6, 6.07) is 6.92. The molecule has 2 aromatic rings. The molecule has 24 heavy (non-hydrogen) atoms. The number of nitrogens with zero attached hydrogens (tertiary/aromatic N) is 3. The first-order valence-electron chi connectivity index (χ1n) is 8.27. The van der Waals surface area contributed by atoms with E-state index in [2.05, 4.69) is 14.8 Å². The molecule has 1 saturated carbocycles. The summed E-state index contributed by atoms with van der Waals surface area (Å²) in [5, 5.41) is 9.26. The lowest BCUT2D eigenvalue weighted by molar-refractivity contribution is -0.117. The largest absolute Gasteiger partial charge is 0.370 e. The zero-order valence-corrected chi connectivity index (χ0v) is 14.3. The van der Waals surface area contributed by atoms with Crippen molar-refractivity contribution in [3.63, 3.8) is 0 Å². The second-order valence-electron chi connectivity index (χ2n) is 6.01. The first-order valence-corrected chi connectivity index (χ1v) is 9.26. The minimum Gasteiger partial charge on any atom is -0.370 e. The lowest BCUT2D eigenvalue weighted by Gasteiger charge is -2.25. The van der Waals surface area contributed by atoms with Crippen LogP contribution < -0.4 is 5.73 Å². The molecule has 0 unspecified atom stereocenters. The van der Waals surface area contributed by atoms with E-state index >= 15 is 0 Å². The summed E-state index contributed by atoms with van der Waals surface area (Å²) >= 11 is 1.46. The first-order chi connectivity index (χ1) is 11.7. The van der Waals surface area contributed by atoms with Gasteiger partial charge in [-0.25, -0.2) is 4.39 Å². The van der Waals surface area contributed by atoms with Crippen LogP contribution in [0, 0.1) is 5.82 Å². The third kappa shape index (κ3) is 3.77. The molecule has 1 aromatic carbocycles. The van der Waals surface area contributed by atoms with Gasteiger partial charge in [0.1, 0.15) is 5.82 Å². The number of hydrogen-bond donors (Lipinski definition) is 1. The van der Waals surface area contributed by atoms with Gasteiger partial charge in [-0.2, -0.15) is 0 Å². The molecule has 7 heteroatoms. The number of benzene rings is 1. The van der Waals surface area contributed by atoms with E-state index in [0.29, 0.717) is 17.1 Å². The maximum absolute atomic E-state index is 14.2. The number of hydrogen-bond acceptors (Lipinski definition) is 4. The van der Waals surface area contributed by atoms with E-state index in [9.17, 15) is 9.18 Å². The van der Waals surface area contributed by atoms with E-state index in [1.54, 1.807) is 18.2 Å². The highest BCUT2D eigenvalue weighted by Gasteiger charge is 2.25. The summed E-state index contributed by atoms with van der Waals surface area (Å²) < 4.78 is 16.3. The van der Waals surface area contributed by atoms with Gasteiger partial charge in [-0.3, -0.25) is 9.36 Å². The third-order valence-electron chi connectivity index (χ3n) is 4.30. The molecule has 0 spiro atoms. The topological polar surface area (TPSA) is 73.8 Å². The third-order valence-corrected chi connectivity index (χ3v) is 5.24. The van der Waals surface area contributed by atoms with Crippen LogP contribution in [0.3, 0.4) is 0 Å². The molecule has 0 bridgehead atoms. The summed E-state index contributed by atoms with van der Waals surface area (Å²) in [6.45, 7) is 0. The molecule has 1 heterocycles. The molecule has 0 radical (unpaired) electrons. The zero-order chi connectivity index (χ0) is 16.9. The average Bonchev–Trinajstić information content (AvgIpc) is 2.99. The Hall–Kier alpha value is -1.89. The van der Waals surface area contributed by atoms with Crippen LogP contribution in [-0.4, -0.2) is 26.4 Å². The average molecular weight is 348 g/mol. The minimum absolute atomic E-state index is 0.277. The van der Waals surface area contributed by atoms with E-state index in [0.717, 1.165) is 30.8 Å². The van der Waals surface area contributed by atoms with Gasteiger partial charge in [0.15, 0.2) is 11.0 Å². The number of aromatic nitrogens is 3. The van der Waals surface area contributed by atoms with E-state index < -0.39 is 0 Å². The van der Waals surface area contributed by atoms with Crippen LogP contribution in [0.1, 0.15) is 44.6 Å². The number of thioether (sulfide) groups is 1. The molecule has 0 aliphatic heterocycles. The standard InChI is InChI=1S/C17H21FN4OS/c18-14-9-5-4-8-13(14)16-20-21-17(24-11-10-15(19)23)22(16)12-6-2-1-3-7-12/h4-5,8-9,12H,1-3,6-7,10-11H2,(H2,19,23). The summed E-state index contributed by atoms with van der Waals surface area (Å²) in [4.78, 5) is 11.0. The molecule has 1 fully saturated rings. The van der Waals surface area contributed by atoms with Gasteiger partial charge >= 0.3 is 0 Å². The van der Waals surface area contributed by atoms with E-state index in [-0.39, 0.29) is 24.2 Å². The Kier molecular flexibility index (Phi) is 5.50. The van der Waals surface area contributed by atoms with Crippen molar-refractivity contribution in [2.45, 2.75) is 49.7 Å². The number of primary amides is 1. The number of amides is 1. The zero-order valence-electron chi connectivity index (χ0n) is 13.4. The van der Waals surface area contributed by atoms with E-state index in [1.807, 2.05) is 0 Å². The quantitative estimate of drug-likeness (QED) is 0.810. The van der Waals surface area contributed by atoms with Gasteiger partial charge in [-0.05, 0) is 25.0 Å². The van der Waals surface area contributed by atoms with Gasteiger partial charge in [0.25, 0.3) is 0 Å².